The van der Waals surface area contributed by atoms with E-state index in [0.717, 1.165) is 34.2 Å². The van der Waals surface area contributed by atoms with Gasteiger partial charge in [-0.2, -0.15) is 0 Å². The number of para-hydroxylation sites is 1. The van der Waals surface area contributed by atoms with Gasteiger partial charge in [-0.05, 0) is 30.0 Å². The third-order valence-corrected chi connectivity index (χ3v) is 4.79. The molecule has 0 saturated heterocycles. The predicted octanol–water partition coefficient (Wildman–Crippen LogP) is 4.72. The third kappa shape index (κ3) is 3.71. The summed E-state index contributed by atoms with van der Waals surface area (Å²) in [5, 5.41) is 18.7. The molecule has 3 rings (SSSR count). The zero-order chi connectivity index (χ0) is 18.5. The van der Waals surface area contributed by atoms with Crippen molar-refractivity contribution in [2.75, 3.05) is 6.61 Å². The number of nitrogens with zero attached hydrogens (tertiary/aromatic N) is 1. The van der Waals surface area contributed by atoms with Crippen LogP contribution in [0.4, 0.5) is 0 Å². The lowest BCUT2D eigenvalue weighted by molar-refractivity contribution is 0.199. The highest BCUT2D eigenvalue weighted by Crippen LogP contribution is 2.34. The summed E-state index contributed by atoms with van der Waals surface area (Å²) in [6.07, 6.45) is 2.67. The molecule has 0 radical (unpaired) electrons. The second-order valence-electron chi connectivity index (χ2n) is 6.89. The van der Waals surface area contributed by atoms with Crippen molar-refractivity contribution in [1.82, 2.24) is 10.5 Å². The fourth-order valence-corrected chi connectivity index (χ4v) is 3.26. The van der Waals surface area contributed by atoms with Gasteiger partial charge in [-0.1, -0.05) is 61.5 Å². The Hall–Kier alpha value is -2.43. The molecule has 0 aliphatic rings. The third-order valence-electron chi connectivity index (χ3n) is 4.79. The second kappa shape index (κ2) is 8.30. The van der Waals surface area contributed by atoms with E-state index in [0.29, 0.717) is 5.92 Å². The first-order valence-electron chi connectivity index (χ1n) is 9.07. The molecule has 0 spiro atoms. The molecule has 0 fully saturated rings. The number of benzene rings is 2. The summed E-state index contributed by atoms with van der Waals surface area (Å²) in [4.78, 5) is 0. The van der Waals surface area contributed by atoms with Crippen molar-refractivity contribution < 1.29 is 9.63 Å². The molecule has 26 heavy (non-hydrogen) atoms. The van der Waals surface area contributed by atoms with E-state index in [1.54, 1.807) is 0 Å². The lowest BCUT2D eigenvalue weighted by Gasteiger charge is -2.28. The molecular formula is C22H26N2O2. The molecule has 4 heteroatoms. The highest BCUT2D eigenvalue weighted by molar-refractivity contribution is 5.92. The van der Waals surface area contributed by atoms with E-state index < -0.39 is 0 Å². The van der Waals surface area contributed by atoms with E-state index in [2.05, 4.69) is 43.0 Å². The first-order valence-corrected chi connectivity index (χ1v) is 9.07. The van der Waals surface area contributed by atoms with Crippen LogP contribution in [0.3, 0.4) is 0 Å². The zero-order valence-corrected chi connectivity index (χ0v) is 15.4. The monoisotopic (exact) mass is 350 g/mol. The van der Waals surface area contributed by atoms with Gasteiger partial charge in [0.15, 0.2) is 5.58 Å². The molecule has 3 aromatic rings. The van der Waals surface area contributed by atoms with Crippen molar-refractivity contribution in [1.29, 1.82) is 0 Å². The Labute approximate surface area is 154 Å². The summed E-state index contributed by atoms with van der Waals surface area (Å²) in [5.41, 5.74) is 3.79. The SMILES string of the molecule is C=CCC(NC(CO)C(C)C)c1ccccc1-c1noc2ccccc12. The van der Waals surface area contributed by atoms with Gasteiger partial charge in [0.05, 0.1) is 6.61 Å². The Morgan fingerprint density at radius 2 is 1.88 bits per heavy atom. The number of hydrogen-bond donors (Lipinski definition) is 2. The quantitative estimate of drug-likeness (QED) is 0.577. The number of hydrogen-bond acceptors (Lipinski definition) is 4. The van der Waals surface area contributed by atoms with Crippen LogP contribution in [0.5, 0.6) is 0 Å². The van der Waals surface area contributed by atoms with E-state index in [1.165, 1.54) is 0 Å². The first kappa shape index (κ1) is 18.4. The van der Waals surface area contributed by atoms with E-state index in [9.17, 15) is 5.11 Å². The first-order chi connectivity index (χ1) is 12.7. The van der Waals surface area contributed by atoms with Crippen LogP contribution in [0.2, 0.25) is 0 Å². The Kier molecular flexibility index (Phi) is 5.86. The number of rotatable bonds is 8. The van der Waals surface area contributed by atoms with Crippen LogP contribution in [0.15, 0.2) is 65.7 Å². The van der Waals surface area contributed by atoms with Crippen molar-refractivity contribution in [2.24, 2.45) is 5.92 Å². The Morgan fingerprint density at radius 3 is 2.62 bits per heavy atom. The lowest BCUT2D eigenvalue weighted by Crippen LogP contribution is -2.39. The van der Waals surface area contributed by atoms with Crippen LogP contribution >= 0.6 is 0 Å². The van der Waals surface area contributed by atoms with Crippen molar-refractivity contribution >= 4 is 11.0 Å². The summed E-state index contributed by atoms with van der Waals surface area (Å²) in [5.74, 6) is 0.326. The Morgan fingerprint density at radius 1 is 1.15 bits per heavy atom. The van der Waals surface area contributed by atoms with Crippen LogP contribution in [0.25, 0.3) is 22.2 Å². The normalized spacial score (nSPS) is 13.8. The lowest BCUT2D eigenvalue weighted by atomic mass is 9.93. The molecule has 1 heterocycles. The second-order valence-corrected chi connectivity index (χ2v) is 6.89. The fourth-order valence-electron chi connectivity index (χ4n) is 3.26. The topological polar surface area (TPSA) is 58.3 Å². The van der Waals surface area contributed by atoms with Gasteiger partial charge in [0.25, 0.3) is 0 Å². The van der Waals surface area contributed by atoms with Gasteiger partial charge in [-0.25, -0.2) is 0 Å². The molecule has 2 atom stereocenters. The number of aliphatic hydroxyl groups excluding tert-OH is 1. The number of aromatic nitrogens is 1. The minimum atomic E-state index is 0.0158. The van der Waals surface area contributed by atoms with Crippen LogP contribution in [-0.4, -0.2) is 22.9 Å². The highest BCUT2D eigenvalue weighted by Gasteiger charge is 2.22. The van der Waals surface area contributed by atoms with Crippen molar-refractivity contribution in [2.45, 2.75) is 32.4 Å². The maximum atomic E-state index is 9.74. The van der Waals surface area contributed by atoms with Gasteiger partial charge in [0, 0.05) is 23.0 Å². The Balaban J connectivity index is 2.05. The van der Waals surface area contributed by atoms with Gasteiger partial charge < -0.3 is 14.9 Å². The predicted molar refractivity (Wildman–Crippen MR) is 106 cm³/mol. The Bertz CT molecular complexity index is 869. The van der Waals surface area contributed by atoms with Gasteiger partial charge in [0.1, 0.15) is 5.69 Å². The molecule has 0 aliphatic heterocycles. The van der Waals surface area contributed by atoms with Gasteiger partial charge in [0.2, 0.25) is 0 Å². The maximum Gasteiger partial charge on any atom is 0.167 e. The van der Waals surface area contributed by atoms with Crippen LogP contribution in [0, 0.1) is 5.92 Å². The smallest absolute Gasteiger partial charge is 0.167 e. The van der Waals surface area contributed by atoms with E-state index in [-0.39, 0.29) is 18.7 Å². The van der Waals surface area contributed by atoms with Crippen molar-refractivity contribution in [3.05, 3.63) is 66.7 Å². The van der Waals surface area contributed by atoms with Crippen LogP contribution in [0.1, 0.15) is 31.9 Å². The average Bonchev–Trinajstić information content (AvgIpc) is 3.09. The summed E-state index contributed by atoms with van der Waals surface area (Å²) in [6, 6.07) is 16.2. The summed E-state index contributed by atoms with van der Waals surface area (Å²) in [6.45, 7) is 8.22. The zero-order valence-electron chi connectivity index (χ0n) is 15.4. The molecule has 0 aliphatic carbocycles. The largest absolute Gasteiger partial charge is 0.395 e. The van der Waals surface area contributed by atoms with E-state index >= 15 is 0 Å². The molecule has 0 bridgehead atoms. The summed E-state index contributed by atoms with van der Waals surface area (Å²) in [7, 11) is 0. The molecular weight excluding hydrogens is 324 g/mol. The maximum absolute atomic E-state index is 9.74. The van der Waals surface area contributed by atoms with Gasteiger partial charge >= 0.3 is 0 Å². The average molecular weight is 350 g/mol. The highest BCUT2D eigenvalue weighted by atomic mass is 16.5. The van der Waals surface area contributed by atoms with Crippen LogP contribution < -0.4 is 5.32 Å². The summed E-state index contributed by atoms with van der Waals surface area (Å²) < 4.78 is 5.51. The number of nitrogens with one attached hydrogen (secondary N) is 1. The van der Waals surface area contributed by atoms with Gasteiger partial charge in [-0.3, -0.25) is 0 Å². The molecule has 1 aromatic heterocycles. The van der Waals surface area contributed by atoms with Crippen molar-refractivity contribution in [3.8, 4) is 11.3 Å². The molecule has 2 aromatic carbocycles. The number of aliphatic hydroxyl groups is 1. The fraction of sp³-hybridized carbons (Fsp3) is 0.318. The van der Waals surface area contributed by atoms with Gasteiger partial charge in [-0.15, -0.1) is 6.58 Å². The van der Waals surface area contributed by atoms with E-state index in [1.807, 2.05) is 42.5 Å². The van der Waals surface area contributed by atoms with Crippen LogP contribution in [-0.2, 0) is 0 Å². The molecule has 2 unspecified atom stereocenters. The number of fused-ring (bicyclic) bond motifs is 1. The minimum absolute atomic E-state index is 0.0158. The molecule has 136 valence electrons. The van der Waals surface area contributed by atoms with Crippen molar-refractivity contribution in [3.63, 3.8) is 0 Å². The summed E-state index contributed by atoms with van der Waals surface area (Å²) >= 11 is 0. The van der Waals surface area contributed by atoms with E-state index in [4.69, 9.17) is 4.52 Å². The molecule has 0 saturated carbocycles. The molecule has 2 N–H and O–H groups in total. The molecule has 4 nitrogen and oxygen atoms in total. The molecule has 0 amide bonds. The minimum Gasteiger partial charge on any atom is -0.395 e. The standard InChI is InChI=1S/C22H26N2O2/c1-4-9-19(23-20(14-25)15(2)3)16-10-5-6-11-17(16)22-18-12-7-8-13-21(18)26-24-22/h4-8,10-13,15,19-20,23,25H,1,9,14H2,2-3H3.